The zero-order valence-electron chi connectivity index (χ0n) is 13.2. The minimum absolute atomic E-state index is 0.243. The van der Waals surface area contributed by atoms with Crippen molar-refractivity contribution in [3.8, 4) is 22.1 Å². The summed E-state index contributed by atoms with van der Waals surface area (Å²) >= 11 is 1.57. The molecule has 3 rings (SSSR count). The number of hydrogen-bond donors (Lipinski definition) is 1. The number of nitrogens with zero attached hydrogens (tertiary/aromatic N) is 1. The van der Waals surface area contributed by atoms with Crippen LogP contribution in [0.4, 0.5) is 0 Å². The van der Waals surface area contributed by atoms with Gasteiger partial charge in [0, 0.05) is 17.7 Å². The SMILES string of the molecule is COc1cc(OC)cc(C(=O)NCc2cc(-c3cccs3)on2)c1. The second-order valence-electron chi connectivity index (χ2n) is 4.94. The first-order valence-electron chi connectivity index (χ1n) is 7.20. The third kappa shape index (κ3) is 3.57. The number of aromatic nitrogens is 1. The van der Waals surface area contributed by atoms with Gasteiger partial charge in [0.2, 0.25) is 0 Å². The molecule has 2 heterocycles. The van der Waals surface area contributed by atoms with Gasteiger partial charge in [0.15, 0.2) is 5.76 Å². The predicted molar refractivity (Wildman–Crippen MR) is 90.5 cm³/mol. The summed E-state index contributed by atoms with van der Waals surface area (Å²) in [4.78, 5) is 13.3. The second-order valence-corrected chi connectivity index (χ2v) is 5.89. The van der Waals surface area contributed by atoms with Gasteiger partial charge in [-0.2, -0.15) is 0 Å². The lowest BCUT2D eigenvalue weighted by atomic mass is 10.2. The summed E-state index contributed by atoms with van der Waals surface area (Å²) in [5, 5.41) is 8.75. The molecule has 0 aliphatic heterocycles. The molecule has 0 spiro atoms. The average Bonchev–Trinajstić information content (AvgIpc) is 3.30. The van der Waals surface area contributed by atoms with Crippen LogP contribution in [-0.4, -0.2) is 25.3 Å². The summed E-state index contributed by atoms with van der Waals surface area (Å²) in [5.41, 5.74) is 1.11. The molecule has 0 unspecified atom stereocenters. The molecule has 0 aliphatic rings. The molecular formula is C17H16N2O4S. The molecule has 0 saturated heterocycles. The molecule has 124 valence electrons. The van der Waals surface area contributed by atoms with Crippen LogP contribution in [0.15, 0.2) is 46.3 Å². The van der Waals surface area contributed by atoms with Gasteiger partial charge in [-0.3, -0.25) is 4.79 Å². The van der Waals surface area contributed by atoms with E-state index >= 15 is 0 Å². The smallest absolute Gasteiger partial charge is 0.251 e. The van der Waals surface area contributed by atoms with Gasteiger partial charge >= 0.3 is 0 Å². The van der Waals surface area contributed by atoms with Crippen molar-refractivity contribution in [1.82, 2.24) is 10.5 Å². The van der Waals surface area contributed by atoms with Crippen LogP contribution in [-0.2, 0) is 6.54 Å². The number of ether oxygens (including phenoxy) is 2. The van der Waals surface area contributed by atoms with E-state index in [9.17, 15) is 4.79 Å². The first-order chi connectivity index (χ1) is 11.7. The molecule has 0 radical (unpaired) electrons. The molecule has 1 N–H and O–H groups in total. The molecule has 3 aromatic rings. The molecule has 2 aromatic heterocycles. The van der Waals surface area contributed by atoms with Gasteiger partial charge in [-0.1, -0.05) is 11.2 Å². The number of amides is 1. The van der Waals surface area contributed by atoms with Crippen LogP contribution in [0.2, 0.25) is 0 Å². The van der Waals surface area contributed by atoms with E-state index in [0.717, 1.165) is 4.88 Å². The average molecular weight is 344 g/mol. The fourth-order valence-electron chi connectivity index (χ4n) is 2.14. The molecule has 1 aromatic carbocycles. The molecule has 0 bridgehead atoms. The van der Waals surface area contributed by atoms with Crippen molar-refractivity contribution in [1.29, 1.82) is 0 Å². The first-order valence-corrected chi connectivity index (χ1v) is 8.08. The highest BCUT2D eigenvalue weighted by atomic mass is 32.1. The number of thiophene rings is 1. The van der Waals surface area contributed by atoms with Gasteiger partial charge in [-0.25, -0.2) is 0 Å². The Morgan fingerprint density at radius 2 is 1.96 bits per heavy atom. The second kappa shape index (κ2) is 7.18. The Morgan fingerprint density at radius 3 is 2.58 bits per heavy atom. The van der Waals surface area contributed by atoms with Crippen LogP contribution in [0.25, 0.3) is 10.6 Å². The topological polar surface area (TPSA) is 73.6 Å². The first kappa shape index (κ1) is 16.1. The van der Waals surface area contributed by atoms with Crippen LogP contribution in [0.3, 0.4) is 0 Å². The third-order valence-electron chi connectivity index (χ3n) is 3.37. The van der Waals surface area contributed by atoms with Crippen LogP contribution in [0.1, 0.15) is 16.1 Å². The molecule has 1 amide bonds. The van der Waals surface area contributed by atoms with E-state index in [0.29, 0.717) is 28.5 Å². The molecule has 0 fully saturated rings. The Kier molecular flexibility index (Phi) is 4.81. The Morgan fingerprint density at radius 1 is 1.21 bits per heavy atom. The van der Waals surface area contributed by atoms with E-state index in [1.807, 2.05) is 23.6 Å². The lowest BCUT2D eigenvalue weighted by Gasteiger charge is -2.08. The summed E-state index contributed by atoms with van der Waals surface area (Å²) in [7, 11) is 3.08. The molecule has 6 nitrogen and oxygen atoms in total. The van der Waals surface area contributed by atoms with E-state index in [2.05, 4.69) is 10.5 Å². The molecule has 0 saturated carbocycles. The minimum atomic E-state index is -0.243. The Bertz CT molecular complexity index is 805. The molecule has 7 heteroatoms. The minimum Gasteiger partial charge on any atom is -0.497 e. The van der Waals surface area contributed by atoms with E-state index < -0.39 is 0 Å². The lowest BCUT2D eigenvalue weighted by molar-refractivity contribution is 0.0949. The monoisotopic (exact) mass is 344 g/mol. The Balaban J connectivity index is 1.67. The predicted octanol–water partition coefficient (Wildman–Crippen LogP) is 3.35. The number of carbonyl (C=O) groups excluding carboxylic acids is 1. The van der Waals surface area contributed by atoms with Gasteiger partial charge in [0.1, 0.15) is 17.2 Å². The Hall–Kier alpha value is -2.80. The highest BCUT2D eigenvalue weighted by molar-refractivity contribution is 7.13. The fourth-order valence-corrected chi connectivity index (χ4v) is 2.81. The van der Waals surface area contributed by atoms with Crippen molar-refractivity contribution >= 4 is 17.2 Å². The molecule has 0 aliphatic carbocycles. The van der Waals surface area contributed by atoms with E-state index in [1.54, 1.807) is 29.5 Å². The molecular weight excluding hydrogens is 328 g/mol. The largest absolute Gasteiger partial charge is 0.497 e. The summed E-state index contributed by atoms with van der Waals surface area (Å²) in [6, 6.07) is 10.7. The van der Waals surface area contributed by atoms with Crippen molar-refractivity contribution in [3.63, 3.8) is 0 Å². The van der Waals surface area contributed by atoms with E-state index in [-0.39, 0.29) is 12.5 Å². The zero-order valence-corrected chi connectivity index (χ0v) is 14.1. The van der Waals surface area contributed by atoms with Gasteiger partial charge in [-0.15, -0.1) is 11.3 Å². The Labute approximate surface area is 143 Å². The molecule has 0 atom stereocenters. The fraction of sp³-hybridized carbons (Fsp3) is 0.176. The van der Waals surface area contributed by atoms with Crippen LogP contribution < -0.4 is 14.8 Å². The summed E-state index contributed by atoms with van der Waals surface area (Å²) in [5.74, 6) is 1.56. The van der Waals surface area contributed by atoms with Crippen molar-refractivity contribution in [3.05, 3.63) is 53.0 Å². The highest BCUT2D eigenvalue weighted by Gasteiger charge is 2.12. The maximum atomic E-state index is 12.3. The zero-order chi connectivity index (χ0) is 16.9. The van der Waals surface area contributed by atoms with Crippen LogP contribution in [0.5, 0.6) is 11.5 Å². The van der Waals surface area contributed by atoms with Crippen molar-refractivity contribution in [2.45, 2.75) is 6.54 Å². The quantitative estimate of drug-likeness (QED) is 0.742. The van der Waals surface area contributed by atoms with Crippen molar-refractivity contribution < 1.29 is 18.8 Å². The summed E-state index contributed by atoms with van der Waals surface area (Å²) in [6.07, 6.45) is 0. The van der Waals surface area contributed by atoms with Crippen LogP contribution >= 0.6 is 11.3 Å². The van der Waals surface area contributed by atoms with Gasteiger partial charge in [-0.05, 0) is 23.6 Å². The maximum absolute atomic E-state index is 12.3. The number of benzene rings is 1. The summed E-state index contributed by atoms with van der Waals surface area (Å²) < 4.78 is 15.6. The number of nitrogens with one attached hydrogen (secondary N) is 1. The van der Waals surface area contributed by atoms with Crippen molar-refractivity contribution in [2.75, 3.05) is 14.2 Å². The normalized spacial score (nSPS) is 10.4. The van der Waals surface area contributed by atoms with Crippen LogP contribution in [0, 0.1) is 0 Å². The highest BCUT2D eigenvalue weighted by Crippen LogP contribution is 2.25. The third-order valence-corrected chi connectivity index (χ3v) is 4.25. The van der Waals surface area contributed by atoms with Gasteiger partial charge in [0.25, 0.3) is 5.91 Å². The van der Waals surface area contributed by atoms with E-state index in [1.165, 1.54) is 14.2 Å². The van der Waals surface area contributed by atoms with Crippen molar-refractivity contribution in [2.24, 2.45) is 0 Å². The number of rotatable bonds is 6. The number of carbonyl (C=O) groups is 1. The lowest BCUT2D eigenvalue weighted by Crippen LogP contribution is -2.23. The standard InChI is InChI=1S/C17H16N2O4S/c1-21-13-6-11(7-14(9-13)22-2)17(20)18-10-12-8-15(23-19-12)16-4-3-5-24-16/h3-9H,10H2,1-2H3,(H,18,20). The van der Waals surface area contributed by atoms with Gasteiger partial charge < -0.3 is 19.3 Å². The number of hydrogen-bond acceptors (Lipinski definition) is 6. The van der Waals surface area contributed by atoms with E-state index in [4.69, 9.17) is 14.0 Å². The van der Waals surface area contributed by atoms with Gasteiger partial charge in [0.05, 0.1) is 25.6 Å². The molecule has 24 heavy (non-hydrogen) atoms. The maximum Gasteiger partial charge on any atom is 0.251 e. The summed E-state index contributed by atoms with van der Waals surface area (Å²) in [6.45, 7) is 0.271. The number of methoxy groups -OCH3 is 2.